The maximum atomic E-state index is 12.0. The van der Waals surface area contributed by atoms with Crippen molar-refractivity contribution in [3.8, 4) is 0 Å². The van der Waals surface area contributed by atoms with Crippen molar-refractivity contribution in [3.05, 3.63) is 0 Å². The van der Waals surface area contributed by atoms with Crippen LogP contribution in [0.25, 0.3) is 0 Å². The monoisotopic (exact) mass is 300 g/mol. The van der Waals surface area contributed by atoms with E-state index in [1.54, 1.807) is 0 Å². The highest BCUT2D eigenvalue weighted by Crippen LogP contribution is 2.36. The van der Waals surface area contributed by atoms with Crippen molar-refractivity contribution in [2.75, 3.05) is 6.61 Å². The molecule has 0 aromatic heterocycles. The van der Waals surface area contributed by atoms with Crippen LogP contribution >= 0.6 is 0 Å². The molecule has 1 atom stereocenters. The maximum Gasteiger partial charge on any atom is 0.309 e. The van der Waals surface area contributed by atoms with Gasteiger partial charge in [0.1, 0.15) is 6.10 Å². The molecule has 0 N–H and O–H groups in total. The van der Waals surface area contributed by atoms with Crippen LogP contribution in [0.15, 0.2) is 0 Å². The average Bonchev–Trinajstić information content (AvgIpc) is 2.79. The zero-order chi connectivity index (χ0) is 15.4. The molecule has 1 saturated carbocycles. The van der Waals surface area contributed by atoms with Gasteiger partial charge in [-0.15, -0.1) is 0 Å². The van der Waals surface area contributed by atoms with Gasteiger partial charge in [0, 0.05) is 6.61 Å². The molecule has 4 heteroatoms. The van der Waals surface area contributed by atoms with E-state index in [1.165, 1.54) is 12.8 Å². The first-order chi connectivity index (χ1) is 9.13. The zero-order valence-electron chi connectivity index (χ0n) is 14.1. The summed E-state index contributed by atoms with van der Waals surface area (Å²) in [6, 6.07) is 0. The number of rotatable bonds is 6. The summed E-state index contributed by atoms with van der Waals surface area (Å²) in [4.78, 5) is 12.0. The molecule has 1 aliphatic rings. The SMILES string of the molecule is C[C@@H](CCO[Si](C)(C)C(C)(C)C)C(=O)OC1CCCC1. The predicted octanol–water partition coefficient (Wildman–Crippen LogP) is 4.52. The summed E-state index contributed by atoms with van der Waals surface area (Å²) in [7, 11) is -1.69. The molecular formula is C16H32O3Si. The van der Waals surface area contributed by atoms with Crippen molar-refractivity contribution in [1.29, 1.82) is 0 Å². The molecular weight excluding hydrogens is 268 g/mol. The van der Waals surface area contributed by atoms with E-state index in [9.17, 15) is 4.79 Å². The summed E-state index contributed by atoms with van der Waals surface area (Å²) < 4.78 is 11.7. The molecule has 0 aliphatic heterocycles. The zero-order valence-corrected chi connectivity index (χ0v) is 15.1. The first kappa shape index (κ1) is 17.7. The van der Waals surface area contributed by atoms with Gasteiger partial charge in [-0.2, -0.15) is 0 Å². The minimum Gasteiger partial charge on any atom is -0.462 e. The Morgan fingerprint density at radius 2 is 1.80 bits per heavy atom. The Labute approximate surface area is 125 Å². The maximum absolute atomic E-state index is 12.0. The Bertz CT molecular complexity index is 314. The van der Waals surface area contributed by atoms with Crippen LogP contribution < -0.4 is 0 Å². The van der Waals surface area contributed by atoms with Gasteiger partial charge in [-0.1, -0.05) is 27.7 Å². The molecule has 0 aromatic carbocycles. The first-order valence-electron chi connectivity index (χ1n) is 7.98. The van der Waals surface area contributed by atoms with E-state index in [0.717, 1.165) is 19.3 Å². The van der Waals surface area contributed by atoms with Gasteiger partial charge in [-0.3, -0.25) is 4.79 Å². The van der Waals surface area contributed by atoms with Gasteiger partial charge in [0.15, 0.2) is 8.32 Å². The van der Waals surface area contributed by atoms with Crippen LogP contribution in [0.2, 0.25) is 18.1 Å². The molecule has 118 valence electrons. The minimum atomic E-state index is -1.69. The van der Waals surface area contributed by atoms with Gasteiger partial charge in [-0.25, -0.2) is 0 Å². The van der Waals surface area contributed by atoms with Gasteiger partial charge in [0.25, 0.3) is 0 Å². The molecule has 0 heterocycles. The molecule has 1 fully saturated rings. The lowest BCUT2D eigenvalue weighted by Gasteiger charge is -2.36. The third kappa shape index (κ3) is 5.21. The number of hydrogen-bond acceptors (Lipinski definition) is 3. The summed E-state index contributed by atoms with van der Waals surface area (Å²) in [5.41, 5.74) is 0. The summed E-state index contributed by atoms with van der Waals surface area (Å²) >= 11 is 0. The van der Waals surface area contributed by atoms with E-state index in [-0.39, 0.29) is 23.0 Å². The quantitative estimate of drug-likeness (QED) is 0.534. The highest BCUT2D eigenvalue weighted by Gasteiger charge is 2.37. The predicted molar refractivity (Wildman–Crippen MR) is 85.3 cm³/mol. The van der Waals surface area contributed by atoms with Crippen LogP contribution in [-0.4, -0.2) is 27.0 Å². The Hall–Kier alpha value is -0.353. The lowest BCUT2D eigenvalue weighted by atomic mass is 10.1. The van der Waals surface area contributed by atoms with Crippen LogP contribution in [0.3, 0.4) is 0 Å². The van der Waals surface area contributed by atoms with E-state index in [1.807, 2.05) is 6.92 Å². The lowest BCUT2D eigenvalue weighted by Crippen LogP contribution is -2.41. The highest BCUT2D eigenvalue weighted by molar-refractivity contribution is 6.74. The number of esters is 1. The molecule has 0 spiro atoms. The smallest absolute Gasteiger partial charge is 0.309 e. The van der Waals surface area contributed by atoms with Crippen LogP contribution in [0, 0.1) is 5.92 Å². The van der Waals surface area contributed by atoms with Crippen molar-refractivity contribution in [1.82, 2.24) is 0 Å². The Morgan fingerprint density at radius 3 is 2.30 bits per heavy atom. The number of hydrogen-bond donors (Lipinski definition) is 0. The standard InChI is InChI=1S/C16H32O3Si/c1-13(15(17)19-14-9-7-8-10-14)11-12-18-20(5,6)16(2,3)4/h13-14H,7-12H2,1-6H3/t13-/m0/s1. The van der Waals surface area contributed by atoms with Crippen molar-refractivity contribution >= 4 is 14.3 Å². The van der Waals surface area contributed by atoms with Gasteiger partial charge >= 0.3 is 5.97 Å². The third-order valence-electron chi connectivity index (χ3n) is 4.81. The van der Waals surface area contributed by atoms with Gasteiger partial charge in [-0.05, 0) is 50.2 Å². The van der Waals surface area contributed by atoms with E-state index >= 15 is 0 Å². The number of ether oxygens (including phenoxy) is 1. The summed E-state index contributed by atoms with van der Waals surface area (Å²) in [6.07, 6.45) is 5.41. The fourth-order valence-electron chi connectivity index (χ4n) is 2.11. The van der Waals surface area contributed by atoms with Crippen molar-refractivity contribution in [2.24, 2.45) is 5.92 Å². The van der Waals surface area contributed by atoms with E-state index in [2.05, 4.69) is 33.9 Å². The number of carbonyl (C=O) groups is 1. The second-order valence-electron chi connectivity index (χ2n) is 7.64. The van der Waals surface area contributed by atoms with Crippen LogP contribution in [0.5, 0.6) is 0 Å². The molecule has 0 aromatic rings. The fraction of sp³-hybridized carbons (Fsp3) is 0.938. The molecule has 0 radical (unpaired) electrons. The van der Waals surface area contributed by atoms with Crippen LogP contribution in [0.1, 0.15) is 59.8 Å². The minimum absolute atomic E-state index is 0.0456. The van der Waals surface area contributed by atoms with E-state index in [0.29, 0.717) is 6.61 Å². The summed E-state index contributed by atoms with van der Waals surface area (Å²) in [6.45, 7) is 13.8. The van der Waals surface area contributed by atoms with Crippen molar-refractivity contribution in [3.63, 3.8) is 0 Å². The van der Waals surface area contributed by atoms with Gasteiger partial charge in [0.2, 0.25) is 0 Å². The lowest BCUT2D eigenvalue weighted by molar-refractivity contribution is -0.153. The molecule has 0 saturated heterocycles. The highest BCUT2D eigenvalue weighted by atomic mass is 28.4. The van der Waals surface area contributed by atoms with E-state index in [4.69, 9.17) is 9.16 Å². The Balaban J connectivity index is 2.28. The Morgan fingerprint density at radius 1 is 1.25 bits per heavy atom. The van der Waals surface area contributed by atoms with Gasteiger partial charge in [0.05, 0.1) is 5.92 Å². The second kappa shape index (κ2) is 7.08. The normalized spacial score (nSPS) is 19.1. The number of carbonyl (C=O) groups excluding carboxylic acids is 1. The topological polar surface area (TPSA) is 35.5 Å². The van der Waals surface area contributed by atoms with E-state index < -0.39 is 8.32 Å². The molecule has 0 amide bonds. The molecule has 1 aliphatic carbocycles. The fourth-order valence-corrected chi connectivity index (χ4v) is 3.17. The van der Waals surface area contributed by atoms with Crippen LogP contribution in [0.4, 0.5) is 0 Å². The third-order valence-corrected chi connectivity index (χ3v) is 9.35. The van der Waals surface area contributed by atoms with Crippen molar-refractivity contribution in [2.45, 2.75) is 84.0 Å². The molecule has 20 heavy (non-hydrogen) atoms. The van der Waals surface area contributed by atoms with Crippen molar-refractivity contribution < 1.29 is 14.0 Å². The Kier molecular flexibility index (Phi) is 6.26. The summed E-state index contributed by atoms with van der Waals surface area (Å²) in [5, 5.41) is 0.223. The van der Waals surface area contributed by atoms with Gasteiger partial charge < -0.3 is 9.16 Å². The summed E-state index contributed by atoms with van der Waals surface area (Å²) in [5.74, 6) is -0.101. The molecule has 1 rings (SSSR count). The largest absolute Gasteiger partial charge is 0.462 e. The average molecular weight is 301 g/mol. The molecule has 3 nitrogen and oxygen atoms in total. The first-order valence-corrected chi connectivity index (χ1v) is 10.9. The van der Waals surface area contributed by atoms with Crippen LogP contribution in [-0.2, 0) is 14.0 Å². The molecule has 0 unspecified atom stereocenters. The second-order valence-corrected chi connectivity index (χ2v) is 12.5. The molecule has 0 bridgehead atoms.